The maximum absolute atomic E-state index is 6.66. The molecule has 8 aromatic carbocycles. The summed E-state index contributed by atoms with van der Waals surface area (Å²) in [5, 5.41) is 7.59. The summed E-state index contributed by atoms with van der Waals surface area (Å²) in [6.45, 7) is 0. The lowest BCUT2D eigenvalue weighted by molar-refractivity contribution is 0.223. The van der Waals surface area contributed by atoms with Crippen molar-refractivity contribution in [1.82, 2.24) is 0 Å². The Morgan fingerprint density at radius 1 is 0.426 bits per heavy atom. The van der Waals surface area contributed by atoms with E-state index in [4.69, 9.17) is 4.74 Å². The smallest absolute Gasteiger partial charge is 0.135 e. The van der Waals surface area contributed by atoms with Crippen molar-refractivity contribution in [2.45, 2.75) is 12.0 Å². The minimum Gasteiger partial charge on any atom is -0.484 e. The Hall–Kier alpha value is -5.92. The van der Waals surface area contributed by atoms with Crippen molar-refractivity contribution in [2.24, 2.45) is 0 Å². The van der Waals surface area contributed by atoms with Gasteiger partial charge in [-0.1, -0.05) is 158 Å². The molecule has 2 unspecified atom stereocenters. The molecule has 0 N–H and O–H groups in total. The van der Waals surface area contributed by atoms with Crippen molar-refractivity contribution >= 4 is 38.4 Å². The summed E-state index contributed by atoms with van der Waals surface area (Å²) in [4.78, 5) is 0. The molecule has 1 nitrogen and oxygen atoms in total. The molecule has 0 amide bonds. The molecular weight excluding hydrogens is 569 g/mol. The molecule has 8 aromatic rings. The van der Waals surface area contributed by atoms with E-state index in [1.807, 2.05) is 0 Å². The Kier molecular flexibility index (Phi) is 5.77. The fraction of sp³-hybridized carbons (Fsp3) is 0.0435. The van der Waals surface area contributed by atoms with Gasteiger partial charge in [-0.3, -0.25) is 0 Å². The molecule has 47 heavy (non-hydrogen) atoms. The van der Waals surface area contributed by atoms with Crippen molar-refractivity contribution in [3.05, 3.63) is 180 Å². The van der Waals surface area contributed by atoms with E-state index >= 15 is 0 Å². The van der Waals surface area contributed by atoms with E-state index in [1.54, 1.807) is 0 Å². The molecule has 0 saturated heterocycles. The van der Waals surface area contributed by atoms with Crippen LogP contribution in [0, 0.1) is 0 Å². The Morgan fingerprint density at radius 3 is 1.85 bits per heavy atom. The molecule has 220 valence electrons. The maximum atomic E-state index is 6.66. The van der Waals surface area contributed by atoms with E-state index < -0.39 is 0 Å². The summed E-state index contributed by atoms with van der Waals surface area (Å²) < 4.78 is 6.66. The van der Waals surface area contributed by atoms with Crippen LogP contribution >= 0.6 is 0 Å². The van der Waals surface area contributed by atoms with Crippen molar-refractivity contribution < 1.29 is 4.74 Å². The first kappa shape index (κ1) is 26.3. The first-order valence-corrected chi connectivity index (χ1v) is 16.4. The number of ether oxygens (including phenoxy) is 1. The Labute approximate surface area is 274 Å². The van der Waals surface area contributed by atoms with Crippen LogP contribution in [0.5, 0.6) is 5.75 Å². The van der Waals surface area contributed by atoms with Gasteiger partial charge >= 0.3 is 0 Å². The molecule has 0 saturated carbocycles. The quantitative estimate of drug-likeness (QED) is 0.184. The highest BCUT2D eigenvalue weighted by atomic mass is 16.5. The molecule has 0 radical (unpaired) electrons. The summed E-state index contributed by atoms with van der Waals surface area (Å²) in [6.07, 6.45) is 4.58. The van der Waals surface area contributed by atoms with Crippen LogP contribution in [0.3, 0.4) is 0 Å². The van der Waals surface area contributed by atoms with Crippen molar-refractivity contribution in [2.75, 3.05) is 0 Å². The normalized spacial score (nSPS) is 16.2. The average Bonchev–Trinajstić information content (AvgIpc) is 3.52. The van der Waals surface area contributed by atoms with Gasteiger partial charge in [0.2, 0.25) is 0 Å². The Morgan fingerprint density at radius 2 is 1.04 bits per heavy atom. The zero-order valence-electron chi connectivity index (χ0n) is 25.7. The van der Waals surface area contributed by atoms with Crippen LogP contribution in [0.1, 0.15) is 28.7 Å². The zero-order valence-corrected chi connectivity index (χ0v) is 25.7. The molecule has 10 rings (SSSR count). The summed E-state index contributed by atoms with van der Waals surface area (Å²) in [6, 6.07) is 57.6. The zero-order chi connectivity index (χ0) is 30.9. The van der Waals surface area contributed by atoms with Gasteiger partial charge in [0, 0.05) is 17.0 Å². The van der Waals surface area contributed by atoms with Crippen molar-refractivity contribution in [3.63, 3.8) is 0 Å². The van der Waals surface area contributed by atoms with Gasteiger partial charge in [-0.05, 0) is 83.4 Å². The molecule has 2 aliphatic rings. The number of fused-ring (bicyclic) bond motifs is 8. The number of rotatable bonds is 3. The highest BCUT2D eigenvalue weighted by molar-refractivity contribution is 6.23. The van der Waals surface area contributed by atoms with Crippen LogP contribution in [0.25, 0.3) is 71.8 Å². The molecule has 2 atom stereocenters. The second kappa shape index (κ2) is 10.3. The molecule has 0 fully saturated rings. The van der Waals surface area contributed by atoms with E-state index in [0.717, 1.165) is 5.75 Å². The predicted molar refractivity (Wildman–Crippen MR) is 197 cm³/mol. The van der Waals surface area contributed by atoms with Gasteiger partial charge in [0.1, 0.15) is 11.9 Å². The standard InChI is InChI=1S/C46H30O/c1-3-16-34-29(11-1)13-10-22-37(34)45-40-20-7-5-18-38(40)44(39-19-6-8-21-41(39)45)33-15-9-14-31(27-33)32-24-25-36-42-26-23-30-12-2-4-17-35(30)46(42)47-43(36)28-32/h1-28,42,46H. The number of hydrogen-bond acceptors (Lipinski definition) is 1. The van der Waals surface area contributed by atoms with Gasteiger partial charge in [-0.25, -0.2) is 0 Å². The molecule has 1 aliphatic heterocycles. The third kappa shape index (κ3) is 4.03. The largest absolute Gasteiger partial charge is 0.484 e. The average molecular weight is 599 g/mol. The predicted octanol–water partition coefficient (Wildman–Crippen LogP) is 12.4. The lowest BCUT2D eigenvalue weighted by atomic mass is 9.83. The fourth-order valence-corrected chi connectivity index (χ4v) is 8.08. The highest BCUT2D eigenvalue weighted by Gasteiger charge is 2.36. The topological polar surface area (TPSA) is 9.23 Å². The number of hydrogen-bond donors (Lipinski definition) is 0. The summed E-state index contributed by atoms with van der Waals surface area (Å²) in [5.41, 5.74) is 11.2. The lowest BCUT2D eigenvalue weighted by Crippen LogP contribution is -2.12. The van der Waals surface area contributed by atoms with Gasteiger partial charge in [-0.15, -0.1) is 0 Å². The molecule has 0 aromatic heterocycles. The number of benzene rings is 8. The van der Waals surface area contributed by atoms with Gasteiger partial charge in [0.15, 0.2) is 0 Å². The summed E-state index contributed by atoms with van der Waals surface area (Å²) >= 11 is 0. The van der Waals surface area contributed by atoms with E-state index in [0.29, 0.717) is 0 Å². The first-order valence-electron chi connectivity index (χ1n) is 16.4. The van der Waals surface area contributed by atoms with Crippen LogP contribution in [-0.4, -0.2) is 0 Å². The van der Waals surface area contributed by atoms with Gasteiger partial charge < -0.3 is 4.74 Å². The van der Waals surface area contributed by atoms with Crippen LogP contribution < -0.4 is 4.74 Å². The maximum Gasteiger partial charge on any atom is 0.135 e. The van der Waals surface area contributed by atoms with E-state index in [-0.39, 0.29) is 12.0 Å². The lowest BCUT2D eigenvalue weighted by Gasteiger charge is -2.22. The molecular formula is C46H30O. The summed E-state index contributed by atoms with van der Waals surface area (Å²) in [5.74, 6) is 1.23. The Bertz CT molecular complexity index is 2510. The van der Waals surface area contributed by atoms with E-state index in [1.165, 1.54) is 82.4 Å². The highest BCUT2D eigenvalue weighted by Crippen LogP contribution is 2.51. The van der Waals surface area contributed by atoms with Crippen molar-refractivity contribution in [3.8, 4) is 39.1 Å². The van der Waals surface area contributed by atoms with Crippen LogP contribution in [-0.2, 0) is 0 Å². The third-order valence-electron chi connectivity index (χ3n) is 10.2. The Balaban J connectivity index is 1.13. The second-order valence-corrected chi connectivity index (χ2v) is 12.8. The second-order valence-electron chi connectivity index (χ2n) is 12.8. The molecule has 0 bridgehead atoms. The van der Waals surface area contributed by atoms with E-state index in [9.17, 15) is 0 Å². The minimum absolute atomic E-state index is 0.0331. The third-order valence-corrected chi connectivity index (χ3v) is 10.2. The van der Waals surface area contributed by atoms with Crippen LogP contribution in [0.15, 0.2) is 164 Å². The molecule has 0 spiro atoms. The molecule has 1 heteroatoms. The van der Waals surface area contributed by atoms with Crippen molar-refractivity contribution in [1.29, 1.82) is 0 Å². The minimum atomic E-state index is 0.0331. The fourth-order valence-electron chi connectivity index (χ4n) is 8.08. The summed E-state index contributed by atoms with van der Waals surface area (Å²) in [7, 11) is 0. The van der Waals surface area contributed by atoms with Crippen LogP contribution in [0.4, 0.5) is 0 Å². The van der Waals surface area contributed by atoms with Gasteiger partial charge in [-0.2, -0.15) is 0 Å². The first-order chi connectivity index (χ1) is 23.3. The molecule has 1 aliphatic carbocycles. The van der Waals surface area contributed by atoms with E-state index in [2.05, 4.69) is 170 Å². The van der Waals surface area contributed by atoms with Gasteiger partial charge in [0.25, 0.3) is 0 Å². The van der Waals surface area contributed by atoms with Crippen LogP contribution in [0.2, 0.25) is 0 Å². The SMILES string of the molecule is C1=CC2c3ccc(-c4cccc(-c5c6ccccc6c(-c6cccc7ccccc67)c6ccccc56)c4)cc3OC2c2ccccc21. The van der Waals surface area contributed by atoms with Gasteiger partial charge in [0.05, 0.1) is 0 Å². The molecule has 1 heterocycles. The monoisotopic (exact) mass is 598 g/mol.